The third-order valence-electron chi connectivity index (χ3n) is 2.67. The smallest absolute Gasteiger partial charge is 0.249 e. The minimum absolute atomic E-state index is 0.466. The van der Waals surface area contributed by atoms with Crippen molar-refractivity contribution in [1.29, 1.82) is 0 Å². The van der Waals surface area contributed by atoms with Gasteiger partial charge in [-0.2, -0.15) is 10.1 Å². The standard InChI is InChI=1S/C15H21N5O/c1-4-21-13-7-5-12(6-8-13)18-15-19-14(10-17-20-15)16-9-11(2)3/h5-8,10-11H,4,9H2,1-3H3,(H2,16,18,19,20). The normalized spacial score (nSPS) is 10.5. The summed E-state index contributed by atoms with van der Waals surface area (Å²) in [7, 11) is 0. The Morgan fingerprint density at radius 3 is 2.62 bits per heavy atom. The van der Waals surface area contributed by atoms with Crippen LogP contribution in [0.2, 0.25) is 0 Å². The van der Waals surface area contributed by atoms with Gasteiger partial charge < -0.3 is 15.4 Å². The van der Waals surface area contributed by atoms with Gasteiger partial charge in [-0.3, -0.25) is 0 Å². The van der Waals surface area contributed by atoms with Crippen molar-refractivity contribution in [1.82, 2.24) is 15.2 Å². The summed E-state index contributed by atoms with van der Waals surface area (Å²) in [6, 6.07) is 7.64. The second-order valence-electron chi connectivity index (χ2n) is 5.02. The van der Waals surface area contributed by atoms with Crippen molar-refractivity contribution in [3.05, 3.63) is 30.5 Å². The highest BCUT2D eigenvalue weighted by atomic mass is 16.5. The van der Waals surface area contributed by atoms with E-state index in [1.54, 1.807) is 6.20 Å². The number of nitrogens with zero attached hydrogens (tertiary/aromatic N) is 3. The van der Waals surface area contributed by atoms with Crippen LogP contribution >= 0.6 is 0 Å². The molecule has 6 heteroatoms. The number of nitrogens with one attached hydrogen (secondary N) is 2. The lowest BCUT2D eigenvalue weighted by molar-refractivity contribution is 0.340. The van der Waals surface area contributed by atoms with Gasteiger partial charge in [0.25, 0.3) is 0 Å². The lowest BCUT2D eigenvalue weighted by Gasteiger charge is -2.09. The summed E-state index contributed by atoms with van der Waals surface area (Å²) in [5, 5.41) is 14.3. The highest BCUT2D eigenvalue weighted by Crippen LogP contribution is 2.18. The number of hydrogen-bond donors (Lipinski definition) is 2. The van der Waals surface area contributed by atoms with Gasteiger partial charge in [0.05, 0.1) is 12.8 Å². The summed E-state index contributed by atoms with van der Waals surface area (Å²) >= 11 is 0. The molecule has 0 radical (unpaired) electrons. The largest absolute Gasteiger partial charge is 0.494 e. The number of aromatic nitrogens is 3. The average Bonchev–Trinajstić information content (AvgIpc) is 2.48. The van der Waals surface area contributed by atoms with Crippen LogP contribution in [0.3, 0.4) is 0 Å². The van der Waals surface area contributed by atoms with Crippen LogP contribution in [0.15, 0.2) is 30.5 Å². The summed E-state index contributed by atoms with van der Waals surface area (Å²) in [5.74, 6) is 2.57. The molecule has 0 saturated carbocycles. The molecule has 0 aliphatic heterocycles. The van der Waals surface area contributed by atoms with Crippen molar-refractivity contribution >= 4 is 17.5 Å². The Morgan fingerprint density at radius 1 is 1.19 bits per heavy atom. The predicted molar refractivity (Wildman–Crippen MR) is 84.0 cm³/mol. The van der Waals surface area contributed by atoms with E-state index in [1.165, 1.54) is 0 Å². The molecule has 0 aliphatic carbocycles. The summed E-state index contributed by atoms with van der Waals surface area (Å²) in [4.78, 5) is 4.37. The predicted octanol–water partition coefficient (Wildman–Crippen LogP) is 3.08. The fourth-order valence-corrected chi connectivity index (χ4v) is 1.68. The van der Waals surface area contributed by atoms with Crippen LogP contribution in [0.5, 0.6) is 5.75 Å². The van der Waals surface area contributed by atoms with E-state index >= 15 is 0 Å². The highest BCUT2D eigenvalue weighted by Gasteiger charge is 2.02. The molecule has 6 nitrogen and oxygen atoms in total. The molecule has 1 aromatic carbocycles. The van der Waals surface area contributed by atoms with E-state index in [0.29, 0.717) is 24.3 Å². The van der Waals surface area contributed by atoms with Crippen LogP contribution in [0.1, 0.15) is 20.8 Å². The zero-order chi connectivity index (χ0) is 15.1. The number of benzene rings is 1. The second-order valence-corrected chi connectivity index (χ2v) is 5.02. The minimum Gasteiger partial charge on any atom is -0.494 e. The van der Waals surface area contributed by atoms with Gasteiger partial charge in [-0.25, -0.2) is 0 Å². The monoisotopic (exact) mass is 287 g/mol. The topological polar surface area (TPSA) is 72.0 Å². The summed E-state index contributed by atoms with van der Waals surface area (Å²) in [5.41, 5.74) is 0.890. The number of rotatable bonds is 7. The molecule has 1 aromatic heterocycles. The lowest BCUT2D eigenvalue weighted by Crippen LogP contribution is -2.10. The fraction of sp³-hybridized carbons (Fsp3) is 0.400. The Bertz CT molecular complexity index is 556. The van der Waals surface area contributed by atoms with Gasteiger partial charge in [0.1, 0.15) is 5.75 Å². The van der Waals surface area contributed by atoms with Crippen molar-refractivity contribution in [3.63, 3.8) is 0 Å². The first-order valence-corrected chi connectivity index (χ1v) is 7.11. The summed E-state index contributed by atoms with van der Waals surface area (Å²) < 4.78 is 5.40. The molecule has 0 saturated heterocycles. The maximum atomic E-state index is 5.40. The molecule has 112 valence electrons. The Kier molecular flexibility index (Phi) is 5.31. The van der Waals surface area contributed by atoms with Gasteiger partial charge in [-0.05, 0) is 37.1 Å². The Morgan fingerprint density at radius 2 is 1.95 bits per heavy atom. The van der Waals surface area contributed by atoms with Crippen LogP contribution in [-0.4, -0.2) is 28.3 Å². The summed E-state index contributed by atoms with van der Waals surface area (Å²) in [6.07, 6.45) is 1.62. The molecule has 0 fully saturated rings. The van der Waals surface area contributed by atoms with Crippen LogP contribution < -0.4 is 15.4 Å². The third kappa shape index (κ3) is 4.91. The van der Waals surface area contributed by atoms with Crippen LogP contribution in [-0.2, 0) is 0 Å². The molecule has 0 unspecified atom stereocenters. The van der Waals surface area contributed by atoms with Crippen molar-refractivity contribution in [2.24, 2.45) is 5.92 Å². The molecule has 0 atom stereocenters. The molecule has 21 heavy (non-hydrogen) atoms. The minimum atomic E-state index is 0.466. The molecule has 0 amide bonds. The second kappa shape index (κ2) is 7.42. The van der Waals surface area contributed by atoms with Gasteiger partial charge in [-0.15, -0.1) is 5.10 Å². The third-order valence-corrected chi connectivity index (χ3v) is 2.67. The van der Waals surface area contributed by atoms with E-state index in [4.69, 9.17) is 4.74 Å². The zero-order valence-corrected chi connectivity index (χ0v) is 12.6. The maximum Gasteiger partial charge on any atom is 0.249 e. The van der Waals surface area contributed by atoms with Gasteiger partial charge in [0.15, 0.2) is 5.82 Å². The molecule has 2 aromatic rings. The molecule has 1 heterocycles. The molecule has 0 spiro atoms. The maximum absolute atomic E-state index is 5.40. The SMILES string of the molecule is CCOc1ccc(Nc2nncc(NCC(C)C)n2)cc1. The zero-order valence-electron chi connectivity index (χ0n) is 12.6. The molecule has 2 rings (SSSR count). The van der Waals surface area contributed by atoms with Crippen LogP contribution in [0.25, 0.3) is 0 Å². The number of ether oxygens (including phenoxy) is 1. The van der Waals surface area contributed by atoms with E-state index in [2.05, 4.69) is 39.7 Å². The molecular weight excluding hydrogens is 266 g/mol. The van der Waals surface area contributed by atoms with Gasteiger partial charge in [0.2, 0.25) is 5.95 Å². The quantitative estimate of drug-likeness (QED) is 0.815. The van der Waals surface area contributed by atoms with Crippen molar-refractivity contribution in [2.75, 3.05) is 23.8 Å². The van der Waals surface area contributed by atoms with E-state index in [9.17, 15) is 0 Å². The Balaban J connectivity index is 2.00. The average molecular weight is 287 g/mol. The number of anilines is 3. The highest BCUT2D eigenvalue weighted by molar-refractivity contribution is 5.55. The van der Waals surface area contributed by atoms with E-state index in [0.717, 1.165) is 18.0 Å². The molecule has 0 bridgehead atoms. The van der Waals surface area contributed by atoms with Gasteiger partial charge in [-0.1, -0.05) is 13.8 Å². The Labute approximate surface area is 125 Å². The molecule has 2 N–H and O–H groups in total. The number of hydrogen-bond acceptors (Lipinski definition) is 6. The first-order valence-electron chi connectivity index (χ1n) is 7.11. The van der Waals surface area contributed by atoms with E-state index in [-0.39, 0.29) is 0 Å². The first-order chi connectivity index (χ1) is 10.2. The van der Waals surface area contributed by atoms with Gasteiger partial charge in [0, 0.05) is 12.2 Å². The van der Waals surface area contributed by atoms with Crippen molar-refractivity contribution in [3.8, 4) is 5.75 Å². The fourth-order valence-electron chi connectivity index (χ4n) is 1.68. The van der Waals surface area contributed by atoms with E-state index in [1.807, 2.05) is 31.2 Å². The van der Waals surface area contributed by atoms with E-state index < -0.39 is 0 Å². The van der Waals surface area contributed by atoms with Crippen molar-refractivity contribution in [2.45, 2.75) is 20.8 Å². The lowest BCUT2D eigenvalue weighted by atomic mass is 10.2. The molecule has 0 aliphatic rings. The van der Waals surface area contributed by atoms with Crippen molar-refractivity contribution < 1.29 is 4.74 Å². The first kappa shape index (κ1) is 15.0. The Hall–Kier alpha value is -2.37. The molecular formula is C15H21N5O. The summed E-state index contributed by atoms with van der Waals surface area (Å²) in [6.45, 7) is 7.74. The van der Waals surface area contributed by atoms with Gasteiger partial charge >= 0.3 is 0 Å². The van der Waals surface area contributed by atoms with Crippen LogP contribution in [0.4, 0.5) is 17.5 Å². The van der Waals surface area contributed by atoms with Crippen LogP contribution in [0, 0.1) is 5.92 Å².